The smallest absolute Gasteiger partial charge is 0.262 e. The minimum atomic E-state index is -0.0975. The summed E-state index contributed by atoms with van der Waals surface area (Å²) < 4.78 is 6.93. The van der Waals surface area contributed by atoms with Crippen LogP contribution in [-0.2, 0) is 18.7 Å². The zero-order valence-electron chi connectivity index (χ0n) is 15.6. The molecule has 0 saturated carbocycles. The second kappa shape index (κ2) is 9.14. The van der Waals surface area contributed by atoms with Crippen molar-refractivity contribution in [2.24, 2.45) is 5.92 Å². The van der Waals surface area contributed by atoms with E-state index in [-0.39, 0.29) is 12.2 Å². The lowest BCUT2D eigenvalue weighted by atomic mass is 10.1. The van der Waals surface area contributed by atoms with Gasteiger partial charge in [0.2, 0.25) is 5.89 Å². The van der Waals surface area contributed by atoms with Crippen molar-refractivity contribution in [3.63, 3.8) is 0 Å². The summed E-state index contributed by atoms with van der Waals surface area (Å²) in [6.45, 7) is 4.76. The SMILES string of the molecule is CC(C)CCc1noc(CSc2nc3ccccc3c(=O)n2CCCO)n1. The first-order valence-corrected chi connectivity index (χ1v) is 10.1. The fraction of sp³-hybridized carbons (Fsp3) is 0.474. The van der Waals surface area contributed by atoms with Crippen LogP contribution in [0.1, 0.15) is 38.4 Å². The second-order valence-electron chi connectivity index (χ2n) is 6.77. The molecule has 1 aromatic carbocycles. The highest BCUT2D eigenvalue weighted by molar-refractivity contribution is 7.98. The zero-order valence-corrected chi connectivity index (χ0v) is 16.4. The predicted octanol–water partition coefficient (Wildman–Crippen LogP) is 3.04. The normalized spacial score (nSPS) is 11.6. The van der Waals surface area contributed by atoms with Crippen LogP contribution in [0.15, 0.2) is 38.7 Å². The van der Waals surface area contributed by atoms with Crippen LogP contribution in [0.5, 0.6) is 0 Å². The molecule has 0 fully saturated rings. The molecule has 0 unspecified atom stereocenters. The lowest BCUT2D eigenvalue weighted by molar-refractivity contribution is 0.276. The molecule has 0 atom stereocenters. The zero-order chi connectivity index (χ0) is 19.2. The highest BCUT2D eigenvalue weighted by Gasteiger charge is 2.14. The third-order valence-corrected chi connectivity index (χ3v) is 5.11. The second-order valence-corrected chi connectivity index (χ2v) is 7.71. The monoisotopic (exact) mass is 388 g/mol. The van der Waals surface area contributed by atoms with Crippen molar-refractivity contribution < 1.29 is 9.63 Å². The van der Waals surface area contributed by atoms with Gasteiger partial charge in [0, 0.05) is 19.6 Å². The van der Waals surface area contributed by atoms with Crippen LogP contribution in [0.4, 0.5) is 0 Å². The summed E-state index contributed by atoms with van der Waals surface area (Å²) in [4.78, 5) is 21.8. The molecule has 2 aromatic heterocycles. The van der Waals surface area contributed by atoms with Gasteiger partial charge in [-0.3, -0.25) is 9.36 Å². The van der Waals surface area contributed by atoms with E-state index in [1.165, 1.54) is 11.8 Å². The van der Waals surface area contributed by atoms with E-state index in [1.54, 1.807) is 10.6 Å². The Morgan fingerprint density at radius 2 is 2.07 bits per heavy atom. The van der Waals surface area contributed by atoms with Gasteiger partial charge in [0.1, 0.15) is 0 Å². The Labute approximate surface area is 161 Å². The van der Waals surface area contributed by atoms with E-state index < -0.39 is 0 Å². The molecule has 0 bridgehead atoms. The average Bonchev–Trinajstić information content (AvgIpc) is 3.12. The average molecular weight is 388 g/mol. The molecule has 0 aliphatic carbocycles. The molecule has 0 saturated heterocycles. The van der Waals surface area contributed by atoms with Crippen molar-refractivity contribution in [3.05, 3.63) is 46.3 Å². The van der Waals surface area contributed by atoms with Crippen LogP contribution in [0.2, 0.25) is 0 Å². The summed E-state index contributed by atoms with van der Waals surface area (Å²) >= 11 is 1.39. The van der Waals surface area contributed by atoms with Gasteiger partial charge < -0.3 is 9.63 Å². The first kappa shape index (κ1) is 19.6. The molecule has 8 heteroatoms. The van der Waals surface area contributed by atoms with Gasteiger partial charge in [0.15, 0.2) is 11.0 Å². The van der Waals surface area contributed by atoms with Gasteiger partial charge in [-0.15, -0.1) is 0 Å². The van der Waals surface area contributed by atoms with E-state index >= 15 is 0 Å². The largest absolute Gasteiger partial charge is 0.396 e. The van der Waals surface area contributed by atoms with Gasteiger partial charge in [-0.2, -0.15) is 4.98 Å². The van der Waals surface area contributed by atoms with Crippen molar-refractivity contribution in [2.45, 2.75) is 50.6 Å². The third kappa shape index (κ3) is 4.95. The maximum atomic E-state index is 12.8. The number of fused-ring (bicyclic) bond motifs is 1. The third-order valence-electron chi connectivity index (χ3n) is 4.15. The number of aromatic nitrogens is 4. The number of aliphatic hydroxyl groups is 1. The lowest BCUT2D eigenvalue weighted by Gasteiger charge is -2.11. The van der Waals surface area contributed by atoms with Crippen LogP contribution >= 0.6 is 11.8 Å². The number of nitrogens with zero attached hydrogens (tertiary/aromatic N) is 4. The number of para-hydroxylation sites is 1. The number of thioether (sulfide) groups is 1. The standard InChI is InChI=1S/C19H24N4O3S/c1-13(2)8-9-16-21-17(26-22-16)12-27-19-20-15-7-4-3-6-14(15)18(25)23(19)10-5-11-24/h3-4,6-7,13,24H,5,8-12H2,1-2H3. The van der Waals surface area contributed by atoms with Crippen LogP contribution in [-0.4, -0.2) is 31.4 Å². The molecular weight excluding hydrogens is 364 g/mol. The molecule has 7 nitrogen and oxygen atoms in total. The number of hydrogen-bond donors (Lipinski definition) is 1. The minimum Gasteiger partial charge on any atom is -0.396 e. The maximum absolute atomic E-state index is 12.8. The van der Waals surface area contributed by atoms with Gasteiger partial charge in [-0.05, 0) is 30.9 Å². The first-order chi connectivity index (χ1) is 13.1. The quantitative estimate of drug-likeness (QED) is 0.445. The predicted molar refractivity (Wildman–Crippen MR) is 105 cm³/mol. The topological polar surface area (TPSA) is 94.0 Å². The molecule has 3 rings (SSSR count). The number of benzene rings is 1. The van der Waals surface area contributed by atoms with Crippen LogP contribution in [0, 0.1) is 5.92 Å². The summed E-state index contributed by atoms with van der Waals surface area (Å²) in [5, 5.41) is 14.3. The Bertz CT molecular complexity index is 952. The van der Waals surface area contributed by atoms with Crippen molar-refractivity contribution in [3.8, 4) is 0 Å². The summed E-state index contributed by atoms with van der Waals surface area (Å²) in [6, 6.07) is 7.29. The molecule has 27 heavy (non-hydrogen) atoms. The number of aliphatic hydroxyl groups excluding tert-OH is 1. The Balaban J connectivity index is 1.80. The van der Waals surface area contributed by atoms with E-state index in [9.17, 15) is 4.79 Å². The molecule has 1 N–H and O–H groups in total. The Hall–Kier alpha value is -2.19. The van der Waals surface area contributed by atoms with E-state index in [4.69, 9.17) is 9.63 Å². The summed E-state index contributed by atoms with van der Waals surface area (Å²) in [5.41, 5.74) is 0.563. The van der Waals surface area contributed by atoms with E-state index in [0.29, 0.717) is 52.4 Å². The van der Waals surface area contributed by atoms with Crippen LogP contribution < -0.4 is 5.56 Å². The number of rotatable bonds is 9. The molecule has 0 spiro atoms. The lowest BCUT2D eigenvalue weighted by Crippen LogP contribution is -2.24. The summed E-state index contributed by atoms with van der Waals surface area (Å²) in [7, 11) is 0. The molecular formula is C19H24N4O3S. The molecule has 0 aliphatic heterocycles. The van der Waals surface area contributed by atoms with Gasteiger partial charge in [-0.1, -0.05) is 42.9 Å². The number of hydrogen-bond acceptors (Lipinski definition) is 7. The first-order valence-electron chi connectivity index (χ1n) is 9.13. The summed E-state index contributed by atoms with van der Waals surface area (Å²) in [6.07, 6.45) is 2.30. The van der Waals surface area contributed by atoms with E-state index in [2.05, 4.69) is 29.0 Å². The van der Waals surface area contributed by atoms with Gasteiger partial charge in [0.05, 0.1) is 16.7 Å². The molecule has 2 heterocycles. The molecule has 3 aromatic rings. The maximum Gasteiger partial charge on any atom is 0.262 e. The Morgan fingerprint density at radius 3 is 2.85 bits per heavy atom. The van der Waals surface area contributed by atoms with Gasteiger partial charge in [-0.25, -0.2) is 4.98 Å². The van der Waals surface area contributed by atoms with Crippen molar-refractivity contribution in [1.29, 1.82) is 0 Å². The Kier molecular flexibility index (Phi) is 6.63. The number of aryl methyl sites for hydroxylation is 1. The van der Waals surface area contributed by atoms with Crippen LogP contribution in [0.3, 0.4) is 0 Å². The molecule has 0 aliphatic rings. The van der Waals surface area contributed by atoms with Crippen LogP contribution in [0.25, 0.3) is 10.9 Å². The fourth-order valence-corrected chi connectivity index (χ4v) is 3.54. The highest BCUT2D eigenvalue weighted by atomic mass is 32.2. The molecule has 0 radical (unpaired) electrons. The molecule has 144 valence electrons. The van der Waals surface area contributed by atoms with E-state index in [0.717, 1.165) is 12.8 Å². The van der Waals surface area contributed by atoms with Crippen molar-refractivity contribution in [1.82, 2.24) is 19.7 Å². The van der Waals surface area contributed by atoms with Crippen molar-refractivity contribution >= 4 is 22.7 Å². The highest BCUT2D eigenvalue weighted by Crippen LogP contribution is 2.22. The van der Waals surface area contributed by atoms with Gasteiger partial charge in [0.25, 0.3) is 5.56 Å². The van der Waals surface area contributed by atoms with Crippen molar-refractivity contribution in [2.75, 3.05) is 6.61 Å². The fourth-order valence-electron chi connectivity index (χ4n) is 2.68. The minimum absolute atomic E-state index is 0.0201. The summed E-state index contributed by atoms with van der Waals surface area (Å²) in [5.74, 6) is 2.26. The Morgan fingerprint density at radius 1 is 1.26 bits per heavy atom. The van der Waals surface area contributed by atoms with Gasteiger partial charge >= 0.3 is 0 Å². The molecule has 0 amide bonds. The van der Waals surface area contributed by atoms with E-state index in [1.807, 2.05) is 18.2 Å².